The van der Waals surface area contributed by atoms with Gasteiger partial charge in [-0.25, -0.2) is 0 Å². The number of allylic oxidation sites excluding steroid dienone is 1. The first-order valence-corrected chi connectivity index (χ1v) is 9.16. The molecule has 0 unspecified atom stereocenters. The van der Waals surface area contributed by atoms with E-state index in [1.165, 1.54) is 16.7 Å². The summed E-state index contributed by atoms with van der Waals surface area (Å²) in [6.07, 6.45) is 7.04. The second-order valence-electron chi connectivity index (χ2n) is 7.09. The molecule has 3 heteroatoms. The normalized spacial score (nSPS) is 18.4. The van der Waals surface area contributed by atoms with Crippen LogP contribution in [0.5, 0.6) is 11.5 Å². The highest BCUT2D eigenvalue weighted by Gasteiger charge is 2.37. The van der Waals surface area contributed by atoms with E-state index < -0.39 is 0 Å². The van der Waals surface area contributed by atoms with Crippen LogP contribution in [0.4, 0.5) is 0 Å². The molecule has 3 nitrogen and oxygen atoms in total. The van der Waals surface area contributed by atoms with Gasteiger partial charge < -0.3 is 9.84 Å². The summed E-state index contributed by atoms with van der Waals surface area (Å²) in [5.74, 6) is 0.803. The number of benzene rings is 2. The van der Waals surface area contributed by atoms with Gasteiger partial charge in [-0.2, -0.15) is 0 Å². The number of nitrogens with zero attached hydrogens (tertiary/aromatic N) is 1. The van der Waals surface area contributed by atoms with Crippen LogP contribution in [0.2, 0.25) is 0 Å². The lowest BCUT2D eigenvalue weighted by atomic mass is 9.74. The van der Waals surface area contributed by atoms with Crippen molar-refractivity contribution in [2.75, 3.05) is 19.7 Å². The van der Waals surface area contributed by atoms with Crippen LogP contribution in [0.3, 0.4) is 0 Å². The molecule has 130 valence electrons. The van der Waals surface area contributed by atoms with E-state index in [1.54, 1.807) is 6.07 Å². The summed E-state index contributed by atoms with van der Waals surface area (Å²) in [6, 6.07) is 14.5. The highest BCUT2D eigenvalue weighted by Crippen LogP contribution is 2.43. The van der Waals surface area contributed by atoms with Gasteiger partial charge in [0.25, 0.3) is 0 Å². The molecule has 1 fully saturated rings. The number of likely N-dealkylation sites (tertiary alicyclic amines) is 1. The fourth-order valence-corrected chi connectivity index (χ4v) is 4.17. The van der Waals surface area contributed by atoms with E-state index in [1.807, 2.05) is 19.1 Å². The quantitative estimate of drug-likeness (QED) is 0.901. The molecule has 2 aromatic carbocycles. The first-order chi connectivity index (χ1) is 12.2. The molecule has 0 radical (unpaired) electrons. The predicted octanol–water partition coefficient (Wildman–Crippen LogP) is 4.35. The molecule has 1 saturated heterocycles. The molecule has 0 bridgehead atoms. The molecular formula is C22H25NO2. The van der Waals surface area contributed by atoms with E-state index in [2.05, 4.69) is 41.3 Å². The summed E-state index contributed by atoms with van der Waals surface area (Å²) < 4.78 is 5.50. The number of fused-ring (bicyclic) bond motifs is 2. The zero-order chi connectivity index (χ0) is 17.3. The lowest BCUT2D eigenvalue weighted by Crippen LogP contribution is -2.40. The van der Waals surface area contributed by atoms with Crippen molar-refractivity contribution in [2.45, 2.75) is 31.7 Å². The molecular weight excluding hydrogens is 310 g/mol. The van der Waals surface area contributed by atoms with Crippen LogP contribution in [0, 0.1) is 0 Å². The van der Waals surface area contributed by atoms with E-state index in [-0.39, 0.29) is 11.2 Å². The minimum Gasteiger partial charge on any atom is -0.504 e. The Bertz CT molecular complexity index is 788. The van der Waals surface area contributed by atoms with Gasteiger partial charge in [-0.05, 0) is 61.7 Å². The summed E-state index contributed by atoms with van der Waals surface area (Å²) in [6.45, 7) is 5.58. The maximum absolute atomic E-state index is 9.86. The van der Waals surface area contributed by atoms with Crippen molar-refractivity contribution < 1.29 is 9.84 Å². The van der Waals surface area contributed by atoms with Gasteiger partial charge in [0.15, 0.2) is 11.5 Å². The summed E-state index contributed by atoms with van der Waals surface area (Å²) in [4.78, 5) is 2.50. The zero-order valence-corrected chi connectivity index (χ0v) is 14.7. The molecule has 0 aromatic heterocycles. The molecule has 4 rings (SSSR count). The summed E-state index contributed by atoms with van der Waals surface area (Å²) in [5.41, 5.74) is 4.31. The fraction of sp³-hybridized carbons (Fsp3) is 0.364. The number of hydrogen-bond acceptors (Lipinski definition) is 3. The largest absolute Gasteiger partial charge is 0.504 e. The maximum atomic E-state index is 9.86. The zero-order valence-electron chi connectivity index (χ0n) is 14.7. The van der Waals surface area contributed by atoms with Crippen molar-refractivity contribution in [1.29, 1.82) is 0 Å². The third kappa shape index (κ3) is 3.05. The highest BCUT2D eigenvalue weighted by molar-refractivity contribution is 5.65. The first kappa shape index (κ1) is 16.2. The van der Waals surface area contributed by atoms with Crippen LogP contribution in [-0.2, 0) is 12.0 Å². The van der Waals surface area contributed by atoms with Gasteiger partial charge >= 0.3 is 0 Å². The lowest BCUT2D eigenvalue weighted by Gasteiger charge is -2.39. The lowest BCUT2D eigenvalue weighted by molar-refractivity contribution is 0.177. The number of piperidine rings is 1. The Morgan fingerprint density at radius 3 is 2.72 bits per heavy atom. The SMILES string of the molecule is CCOc1cc(CN2CCC3(C=Cc4ccccc43)CC2)ccc1O. The van der Waals surface area contributed by atoms with Crippen LogP contribution in [0.1, 0.15) is 36.5 Å². The third-order valence-electron chi connectivity index (χ3n) is 5.56. The minimum absolute atomic E-state index is 0.218. The van der Waals surface area contributed by atoms with Crippen molar-refractivity contribution in [2.24, 2.45) is 0 Å². The van der Waals surface area contributed by atoms with E-state index >= 15 is 0 Å². The number of phenolic OH excluding ortho intramolecular Hbond substituents is 1. The van der Waals surface area contributed by atoms with Gasteiger partial charge in [-0.15, -0.1) is 0 Å². The molecule has 1 spiro atoms. The topological polar surface area (TPSA) is 32.7 Å². The van der Waals surface area contributed by atoms with Gasteiger partial charge in [-0.3, -0.25) is 4.90 Å². The van der Waals surface area contributed by atoms with Gasteiger partial charge in [0, 0.05) is 12.0 Å². The summed E-state index contributed by atoms with van der Waals surface area (Å²) in [5, 5.41) is 9.86. The van der Waals surface area contributed by atoms with Gasteiger partial charge in [0.2, 0.25) is 0 Å². The average molecular weight is 335 g/mol. The fourth-order valence-electron chi connectivity index (χ4n) is 4.17. The van der Waals surface area contributed by atoms with Crippen LogP contribution in [0.25, 0.3) is 6.08 Å². The number of rotatable bonds is 4. The second-order valence-corrected chi connectivity index (χ2v) is 7.09. The molecule has 0 amide bonds. The van der Waals surface area contributed by atoms with Crippen LogP contribution < -0.4 is 4.74 Å². The highest BCUT2D eigenvalue weighted by atomic mass is 16.5. The maximum Gasteiger partial charge on any atom is 0.161 e. The molecule has 2 aromatic rings. The number of phenols is 1. The van der Waals surface area contributed by atoms with Gasteiger partial charge in [0.1, 0.15) is 0 Å². The van der Waals surface area contributed by atoms with Crippen molar-refractivity contribution >= 4 is 6.08 Å². The smallest absolute Gasteiger partial charge is 0.161 e. The molecule has 0 saturated carbocycles. The van der Waals surface area contributed by atoms with E-state index in [0.29, 0.717) is 12.4 Å². The van der Waals surface area contributed by atoms with E-state index in [9.17, 15) is 5.11 Å². The summed E-state index contributed by atoms with van der Waals surface area (Å²) >= 11 is 0. The Hall–Kier alpha value is -2.26. The van der Waals surface area contributed by atoms with Gasteiger partial charge in [-0.1, -0.05) is 42.5 Å². The molecule has 1 aliphatic carbocycles. The third-order valence-corrected chi connectivity index (χ3v) is 5.56. The Balaban J connectivity index is 1.43. The number of hydrogen-bond donors (Lipinski definition) is 1. The van der Waals surface area contributed by atoms with E-state index in [4.69, 9.17) is 4.74 Å². The van der Waals surface area contributed by atoms with E-state index in [0.717, 1.165) is 32.5 Å². The summed E-state index contributed by atoms with van der Waals surface area (Å²) in [7, 11) is 0. The number of aromatic hydroxyl groups is 1. The Labute approximate surface area is 149 Å². The Morgan fingerprint density at radius 2 is 1.92 bits per heavy atom. The van der Waals surface area contributed by atoms with Crippen LogP contribution in [0.15, 0.2) is 48.5 Å². The monoisotopic (exact) mass is 335 g/mol. The molecule has 0 atom stereocenters. The molecule has 1 heterocycles. The van der Waals surface area contributed by atoms with Crippen LogP contribution >= 0.6 is 0 Å². The van der Waals surface area contributed by atoms with Crippen molar-refractivity contribution in [3.63, 3.8) is 0 Å². The second kappa shape index (κ2) is 6.57. The van der Waals surface area contributed by atoms with Crippen molar-refractivity contribution in [3.8, 4) is 11.5 Å². The Morgan fingerprint density at radius 1 is 1.12 bits per heavy atom. The minimum atomic E-state index is 0.218. The van der Waals surface area contributed by atoms with Crippen molar-refractivity contribution in [1.82, 2.24) is 4.90 Å². The van der Waals surface area contributed by atoms with Gasteiger partial charge in [0.05, 0.1) is 6.61 Å². The Kier molecular flexibility index (Phi) is 4.26. The number of ether oxygens (including phenoxy) is 1. The molecule has 2 aliphatic rings. The molecule has 25 heavy (non-hydrogen) atoms. The molecule has 1 N–H and O–H groups in total. The predicted molar refractivity (Wildman–Crippen MR) is 101 cm³/mol. The standard InChI is InChI=1S/C22H25NO2/c1-2-25-21-15-17(7-8-20(21)24)16-23-13-11-22(12-14-23)10-9-18-5-3-4-6-19(18)22/h3-10,15,24H,2,11-14,16H2,1H3. The average Bonchev–Trinajstić information content (AvgIpc) is 2.99. The first-order valence-electron chi connectivity index (χ1n) is 9.16. The van der Waals surface area contributed by atoms with Crippen molar-refractivity contribution in [3.05, 3.63) is 65.2 Å². The molecule has 1 aliphatic heterocycles. The van der Waals surface area contributed by atoms with Crippen LogP contribution in [-0.4, -0.2) is 29.7 Å².